The molecule has 0 aliphatic carbocycles. The van der Waals surface area contributed by atoms with Crippen molar-refractivity contribution in [2.24, 2.45) is 17.4 Å². The van der Waals surface area contributed by atoms with Crippen LogP contribution in [-0.4, -0.2) is 81.1 Å². The van der Waals surface area contributed by atoms with Crippen LogP contribution in [0.2, 0.25) is 0 Å². The maximum absolute atomic E-state index is 13.4. The third-order valence-electron chi connectivity index (χ3n) is 5.99. The van der Waals surface area contributed by atoms with Gasteiger partial charge in [-0.1, -0.05) is 26.0 Å². The fraction of sp³-hybridized carbons (Fsp3) is 0.500. The second-order valence-electron chi connectivity index (χ2n) is 9.65. The monoisotopic (exact) mass is 563 g/mol. The number of phenols is 1. The first kappa shape index (κ1) is 33.7. The fourth-order valence-corrected chi connectivity index (χ4v) is 3.93. The molecule has 1 aromatic rings. The van der Waals surface area contributed by atoms with Gasteiger partial charge >= 0.3 is 5.97 Å². The number of carboxylic acids is 1. The predicted octanol–water partition coefficient (Wildman–Crippen LogP) is -1.04. The van der Waals surface area contributed by atoms with Crippen molar-refractivity contribution in [1.82, 2.24) is 15.5 Å². The largest absolute Gasteiger partial charge is 0.508 e. The van der Waals surface area contributed by atoms with Crippen molar-refractivity contribution < 1.29 is 43.8 Å². The lowest BCUT2D eigenvalue weighted by atomic mass is 9.99. The number of imide groups is 1. The van der Waals surface area contributed by atoms with Crippen LogP contribution in [0.25, 0.3) is 0 Å². The number of aldehydes is 1. The van der Waals surface area contributed by atoms with Gasteiger partial charge in [-0.15, -0.1) is 0 Å². The molecule has 220 valence electrons. The Kier molecular flexibility index (Phi) is 13.4. The van der Waals surface area contributed by atoms with Gasteiger partial charge in [0, 0.05) is 19.8 Å². The molecule has 14 heteroatoms. The molecule has 0 aliphatic rings. The van der Waals surface area contributed by atoms with Gasteiger partial charge in [0.1, 0.15) is 24.1 Å². The van der Waals surface area contributed by atoms with Crippen molar-refractivity contribution in [2.45, 2.75) is 77.0 Å². The minimum atomic E-state index is -1.50. The zero-order valence-electron chi connectivity index (χ0n) is 22.7. The first-order chi connectivity index (χ1) is 18.7. The smallest absolute Gasteiger partial charge is 0.305 e. The minimum absolute atomic E-state index is 0.0440. The first-order valence-electron chi connectivity index (χ1n) is 12.6. The number of aromatic hydroxyl groups is 1. The number of nitrogens with two attached hydrogens (primary N) is 2. The molecule has 40 heavy (non-hydrogen) atoms. The summed E-state index contributed by atoms with van der Waals surface area (Å²) in [5.74, 6) is -6.01. The predicted molar refractivity (Wildman–Crippen MR) is 141 cm³/mol. The van der Waals surface area contributed by atoms with Crippen molar-refractivity contribution in [2.75, 3.05) is 0 Å². The van der Waals surface area contributed by atoms with Gasteiger partial charge in [0.25, 0.3) is 5.91 Å². The van der Waals surface area contributed by atoms with Crippen LogP contribution < -0.4 is 22.1 Å². The number of hydrogen-bond acceptors (Lipinski definition) is 9. The summed E-state index contributed by atoms with van der Waals surface area (Å²) in [4.78, 5) is 86.2. The normalized spacial score (nSPS) is 13.8. The highest BCUT2D eigenvalue weighted by molar-refractivity contribution is 6.00. The highest BCUT2D eigenvalue weighted by Gasteiger charge is 2.36. The van der Waals surface area contributed by atoms with E-state index in [1.54, 1.807) is 26.0 Å². The molecular formula is C26H37N5O9. The number of benzene rings is 1. The van der Waals surface area contributed by atoms with Crippen LogP contribution in [0.1, 0.15) is 52.0 Å². The molecular weight excluding hydrogens is 526 g/mol. The number of amides is 5. The van der Waals surface area contributed by atoms with Gasteiger partial charge in [-0.3, -0.25) is 33.7 Å². The summed E-state index contributed by atoms with van der Waals surface area (Å²) in [5.41, 5.74) is 11.9. The number of primary amides is 1. The average molecular weight is 564 g/mol. The Bertz CT molecular complexity index is 1090. The Hall–Kier alpha value is -4.33. The number of nitrogens with zero attached hydrogens (tertiary/aromatic N) is 1. The standard InChI is InChI=1S/C26H37N5O9/c1-14(2)23(30-24(38)19(27)12-16-4-6-18(34)7-5-16)25(39)29-20(8-9-21(28)35)26(40)31(15(3)33)17(10-11-32)13-22(36)37/h4-7,11,14,17,19-20,23,34H,8-10,12-13,27H2,1-3H3,(H2,28,35)(H,29,39)(H,30,38)(H,36,37)/t17-,19+,20+,23+/m1/s1. The molecule has 0 saturated carbocycles. The summed E-state index contributed by atoms with van der Waals surface area (Å²) in [6, 6.07) is 0.987. The van der Waals surface area contributed by atoms with Crippen molar-refractivity contribution in [3.63, 3.8) is 0 Å². The van der Waals surface area contributed by atoms with E-state index in [0.29, 0.717) is 16.7 Å². The van der Waals surface area contributed by atoms with Crippen molar-refractivity contribution in [1.29, 1.82) is 0 Å². The molecule has 1 rings (SSSR count). The molecule has 0 fully saturated rings. The Morgan fingerprint density at radius 1 is 1.02 bits per heavy atom. The van der Waals surface area contributed by atoms with Crippen LogP contribution in [0.3, 0.4) is 0 Å². The second-order valence-corrected chi connectivity index (χ2v) is 9.65. The molecule has 0 heterocycles. The molecule has 1 aromatic carbocycles. The van der Waals surface area contributed by atoms with E-state index >= 15 is 0 Å². The Morgan fingerprint density at radius 3 is 2.10 bits per heavy atom. The van der Waals surface area contributed by atoms with E-state index in [9.17, 15) is 43.8 Å². The lowest BCUT2D eigenvalue weighted by molar-refractivity contribution is -0.151. The highest BCUT2D eigenvalue weighted by Crippen LogP contribution is 2.15. The zero-order chi connectivity index (χ0) is 30.6. The topological polar surface area (TPSA) is 239 Å². The number of rotatable bonds is 16. The van der Waals surface area contributed by atoms with Crippen LogP contribution in [0.4, 0.5) is 0 Å². The third-order valence-corrected chi connectivity index (χ3v) is 5.99. The molecule has 0 bridgehead atoms. The Morgan fingerprint density at radius 2 is 1.62 bits per heavy atom. The SMILES string of the molecule is CC(=O)N(C(=O)[C@H](CCC(N)=O)NC(=O)[C@@H](NC(=O)[C@@H](N)Cc1ccc(O)cc1)C(C)C)[C@H](CC=O)CC(=O)O. The van der Waals surface area contributed by atoms with Crippen molar-refractivity contribution in [3.05, 3.63) is 29.8 Å². The molecule has 0 saturated heterocycles. The van der Waals surface area contributed by atoms with Crippen LogP contribution >= 0.6 is 0 Å². The van der Waals surface area contributed by atoms with Gasteiger partial charge in [-0.05, 0) is 36.5 Å². The number of phenolic OH excluding ortho intramolecular Hbond substituents is 1. The Labute approximate surface area is 231 Å². The lowest BCUT2D eigenvalue weighted by Crippen LogP contribution is -2.59. The van der Waals surface area contributed by atoms with Gasteiger partial charge < -0.3 is 37.1 Å². The maximum atomic E-state index is 13.4. The molecule has 4 atom stereocenters. The zero-order valence-corrected chi connectivity index (χ0v) is 22.7. The lowest BCUT2D eigenvalue weighted by Gasteiger charge is -2.32. The first-order valence-corrected chi connectivity index (χ1v) is 12.6. The number of aliphatic carboxylic acids is 1. The van der Waals surface area contributed by atoms with Gasteiger partial charge in [0.05, 0.1) is 18.5 Å². The molecule has 0 spiro atoms. The third kappa shape index (κ3) is 10.8. The van der Waals surface area contributed by atoms with Crippen LogP contribution in [0.5, 0.6) is 5.75 Å². The number of carbonyl (C=O) groups excluding carboxylic acids is 6. The van der Waals surface area contributed by atoms with Gasteiger partial charge in [0.2, 0.25) is 23.6 Å². The maximum Gasteiger partial charge on any atom is 0.305 e. The van der Waals surface area contributed by atoms with Gasteiger partial charge in [-0.25, -0.2) is 0 Å². The van der Waals surface area contributed by atoms with Crippen LogP contribution in [0, 0.1) is 5.92 Å². The van der Waals surface area contributed by atoms with Crippen molar-refractivity contribution >= 4 is 41.8 Å². The van der Waals surface area contributed by atoms with Gasteiger partial charge in [0.15, 0.2) is 0 Å². The Balaban J connectivity index is 3.17. The molecule has 0 radical (unpaired) electrons. The average Bonchev–Trinajstić information content (AvgIpc) is 2.85. The quantitative estimate of drug-likeness (QED) is 0.133. The van der Waals surface area contributed by atoms with E-state index in [0.717, 1.165) is 6.92 Å². The number of hydrogen-bond donors (Lipinski definition) is 6. The minimum Gasteiger partial charge on any atom is -0.508 e. The molecule has 14 nitrogen and oxygen atoms in total. The molecule has 8 N–H and O–H groups in total. The number of nitrogens with one attached hydrogen (secondary N) is 2. The molecule has 0 aliphatic heterocycles. The van der Waals surface area contributed by atoms with E-state index < -0.39 is 78.4 Å². The molecule has 0 unspecified atom stereocenters. The summed E-state index contributed by atoms with van der Waals surface area (Å²) in [6.07, 6.45) is -1.41. The van der Waals surface area contributed by atoms with Crippen LogP contribution in [-0.2, 0) is 40.0 Å². The molecule has 0 aromatic heterocycles. The van der Waals surface area contributed by atoms with Crippen molar-refractivity contribution in [3.8, 4) is 5.75 Å². The summed E-state index contributed by atoms with van der Waals surface area (Å²) in [7, 11) is 0. The second kappa shape index (κ2) is 15.9. The van der Waals surface area contributed by atoms with Crippen LogP contribution in [0.15, 0.2) is 24.3 Å². The van der Waals surface area contributed by atoms with E-state index in [4.69, 9.17) is 11.5 Å². The van der Waals surface area contributed by atoms with E-state index in [1.807, 2.05) is 0 Å². The van der Waals surface area contributed by atoms with E-state index in [2.05, 4.69) is 10.6 Å². The molecule has 5 amide bonds. The summed E-state index contributed by atoms with van der Waals surface area (Å²) >= 11 is 0. The van der Waals surface area contributed by atoms with Gasteiger partial charge in [-0.2, -0.15) is 0 Å². The van der Waals surface area contributed by atoms with E-state index in [1.165, 1.54) is 12.1 Å². The van der Waals surface area contributed by atoms with E-state index in [-0.39, 0.29) is 25.0 Å². The summed E-state index contributed by atoms with van der Waals surface area (Å²) in [6.45, 7) is 4.26. The summed E-state index contributed by atoms with van der Waals surface area (Å²) < 4.78 is 0. The number of carbonyl (C=O) groups is 7. The highest BCUT2D eigenvalue weighted by atomic mass is 16.4. The number of carboxylic acid groups (broad SMARTS) is 1. The fourth-order valence-electron chi connectivity index (χ4n) is 3.93. The summed E-state index contributed by atoms with van der Waals surface area (Å²) in [5, 5.41) is 23.6.